The molecule has 0 aromatic heterocycles. The van der Waals surface area contributed by atoms with Crippen LogP contribution in [0.1, 0.15) is 79.4 Å². The molecule has 7 heteroatoms. The molecular weight excluding hydrogens is 452 g/mol. The van der Waals surface area contributed by atoms with Crippen LogP contribution in [0.3, 0.4) is 0 Å². The van der Waals surface area contributed by atoms with Gasteiger partial charge in [-0.05, 0) is 43.0 Å². The van der Waals surface area contributed by atoms with E-state index in [-0.39, 0.29) is 41.7 Å². The summed E-state index contributed by atoms with van der Waals surface area (Å²) in [7, 11) is 0. The number of carbonyl (C=O) groups is 2. The van der Waals surface area contributed by atoms with E-state index in [4.69, 9.17) is 15.5 Å². The number of hydrogen-bond donors (Lipinski definition) is 2. The van der Waals surface area contributed by atoms with Gasteiger partial charge in [0.25, 0.3) is 5.91 Å². The summed E-state index contributed by atoms with van der Waals surface area (Å²) in [4.78, 5) is 33.1. The molecule has 0 spiro atoms. The number of nitrogens with two attached hydrogens (primary N) is 1. The van der Waals surface area contributed by atoms with Gasteiger partial charge in [-0.25, -0.2) is 4.99 Å². The number of aliphatic imine (C=N–C) groups is 1. The molecule has 4 aliphatic heterocycles. The topological polar surface area (TPSA) is 97.0 Å². The average molecular weight is 489 g/mol. The molecule has 190 valence electrons. The summed E-state index contributed by atoms with van der Waals surface area (Å²) in [5.41, 5.74) is 8.76. The molecule has 0 saturated heterocycles. The summed E-state index contributed by atoms with van der Waals surface area (Å²) < 4.78 is 6.07. The molecule has 6 rings (SSSR count). The highest BCUT2D eigenvalue weighted by Gasteiger charge is 2.36. The molecule has 2 aromatic rings. The zero-order valence-electron chi connectivity index (χ0n) is 21.0. The summed E-state index contributed by atoms with van der Waals surface area (Å²) in [6.07, 6.45) is 6.89. The molecule has 4 aliphatic rings. The van der Waals surface area contributed by atoms with Gasteiger partial charge in [0.1, 0.15) is 5.75 Å². The highest BCUT2D eigenvalue weighted by molar-refractivity contribution is 5.99. The zero-order chi connectivity index (χ0) is 25.1. The van der Waals surface area contributed by atoms with Gasteiger partial charge in [-0.1, -0.05) is 62.9 Å². The van der Waals surface area contributed by atoms with E-state index in [1.807, 2.05) is 49.4 Å². The van der Waals surface area contributed by atoms with E-state index in [9.17, 15) is 9.59 Å². The number of benzene rings is 2. The molecule has 4 bridgehead atoms. The Balaban J connectivity index is 1.46. The number of para-hydroxylation sites is 1. The van der Waals surface area contributed by atoms with Crippen molar-refractivity contribution in [3.63, 3.8) is 0 Å². The van der Waals surface area contributed by atoms with Gasteiger partial charge in [-0.2, -0.15) is 0 Å². The van der Waals surface area contributed by atoms with E-state index in [1.165, 1.54) is 0 Å². The lowest BCUT2D eigenvalue weighted by molar-refractivity contribution is -0.133. The van der Waals surface area contributed by atoms with Crippen LogP contribution in [0.5, 0.6) is 5.75 Å². The lowest BCUT2D eigenvalue weighted by Gasteiger charge is -2.35. The highest BCUT2D eigenvalue weighted by Crippen LogP contribution is 2.38. The minimum absolute atomic E-state index is 0.0348. The Morgan fingerprint density at radius 2 is 1.86 bits per heavy atom. The van der Waals surface area contributed by atoms with Crippen molar-refractivity contribution in [2.75, 3.05) is 6.61 Å². The summed E-state index contributed by atoms with van der Waals surface area (Å²) in [5.74, 6) is 1.11. The van der Waals surface area contributed by atoms with E-state index >= 15 is 0 Å². The van der Waals surface area contributed by atoms with Gasteiger partial charge in [0.05, 0.1) is 31.2 Å². The lowest BCUT2D eigenvalue weighted by Crippen LogP contribution is -2.51. The minimum atomic E-state index is -0.150. The molecule has 4 atom stereocenters. The number of nitrogens with zero attached hydrogens (tertiary/aromatic N) is 2. The summed E-state index contributed by atoms with van der Waals surface area (Å²) in [6, 6.07) is 15.3. The Kier molecular flexibility index (Phi) is 7.25. The van der Waals surface area contributed by atoms with Gasteiger partial charge >= 0.3 is 0 Å². The van der Waals surface area contributed by atoms with Gasteiger partial charge in [-0.15, -0.1) is 0 Å². The Bertz CT molecular complexity index is 1150. The Hall–Kier alpha value is -3.35. The molecular formula is C29H36N4O3. The fraction of sp³-hybridized carbons (Fsp3) is 0.483. The highest BCUT2D eigenvalue weighted by atomic mass is 16.5. The van der Waals surface area contributed by atoms with Crippen molar-refractivity contribution in [2.24, 2.45) is 22.6 Å². The zero-order valence-corrected chi connectivity index (χ0v) is 21.0. The van der Waals surface area contributed by atoms with Crippen molar-refractivity contribution < 1.29 is 14.3 Å². The maximum Gasteiger partial charge on any atom is 0.251 e. The van der Waals surface area contributed by atoms with E-state index in [0.29, 0.717) is 18.7 Å². The molecule has 0 fully saturated rings. The third-order valence-corrected chi connectivity index (χ3v) is 7.88. The normalized spacial score (nSPS) is 27.0. The van der Waals surface area contributed by atoms with Gasteiger partial charge < -0.3 is 15.8 Å². The fourth-order valence-electron chi connectivity index (χ4n) is 5.87. The minimum Gasteiger partial charge on any atom is -0.493 e. The first-order valence-corrected chi connectivity index (χ1v) is 13.3. The largest absolute Gasteiger partial charge is 0.493 e. The van der Waals surface area contributed by atoms with Crippen molar-refractivity contribution in [3.8, 4) is 5.75 Å². The van der Waals surface area contributed by atoms with E-state index in [2.05, 4.69) is 11.4 Å². The van der Waals surface area contributed by atoms with Crippen LogP contribution in [0.15, 0.2) is 53.5 Å². The second-order valence-corrected chi connectivity index (χ2v) is 10.2. The quantitative estimate of drug-likeness (QED) is 0.614. The first-order valence-electron chi connectivity index (χ1n) is 13.3. The fourth-order valence-corrected chi connectivity index (χ4v) is 5.87. The number of amides is 2. The average Bonchev–Trinajstić information content (AvgIpc) is 2.89. The lowest BCUT2D eigenvalue weighted by atomic mass is 9.86. The number of guanidine groups is 1. The second kappa shape index (κ2) is 10.7. The summed E-state index contributed by atoms with van der Waals surface area (Å²) >= 11 is 0. The third-order valence-electron chi connectivity index (χ3n) is 7.88. The van der Waals surface area contributed by atoms with Gasteiger partial charge in [-0.3, -0.25) is 14.5 Å². The molecule has 7 nitrogen and oxygen atoms in total. The van der Waals surface area contributed by atoms with Crippen LogP contribution in [-0.2, 0) is 11.3 Å². The Morgan fingerprint density at radius 1 is 1.06 bits per heavy atom. The van der Waals surface area contributed by atoms with Crippen molar-refractivity contribution in [3.05, 3.63) is 65.2 Å². The third kappa shape index (κ3) is 4.97. The smallest absolute Gasteiger partial charge is 0.251 e. The number of nitrogens with one attached hydrogen (secondary N) is 1. The first-order chi connectivity index (χ1) is 17.5. The van der Waals surface area contributed by atoms with Crippen LogP contribution in [0.4, 0.5) is 0 Å². The molecule has 3 N–H and O–H groups in total. The first kappa shape index (κ1) is 24.3. The molecule has 0 radical (unpaired) electrons. The number of fused-ring (bicyclic) bond motifs is 8. The molecule has 0 aliphatic carbocycles. The maximum absolute atomic E-state index is 13.4. The molecule has 2 amide bonds. The standard InChI is InChI=1S/C29H36N4O3/c1-2-22-24-14-6-4-3-5-11-21-18-36-25-15-8-7-13-23(25)26(21)32-27(34)20-12-9-10-19(16-20)17-33(28(22)35)29(30)31-24/h7-10,12-13,15-16,21-22,24,26H,2-6,11,14,17-18H2,1H3,(H2,30,31)(H,32,34)/t21?,22-,24?,26?/m0/s1. The SMILES string of the molecule is CC[C@@H]1C(=O)N2Cc3cccc(c3)C(=O)NC3c4ccccc4OCC3CCCCCCC1N=C2N. The van der Waals surface area contributed by atoms with Crippen molar-refractivity contribution >= 4 is 17.8 Å². The molecule has 0 saturated carbocycles. The monoisotopic (exact) mass is 488 g/mol. The van der Waals surface area contributed by atoms with Gasteiger partial charge in [0.2, 0.25) is 5.91 Å². The number of hydrogen-bond acceptors (Lipinski definition) is 5. The van der Waals surface area contributed by atoms with Crippen LogP contribution in [0, 0.1) is 11.8 Å². The molecule has 3 unspecified atom stereocenters. The van der Waals surface area contributed by atoms with Crippen molar-refractivity contribution in [1.82, 2.24) is 10.2 Å². The van der Waals surface area contributed by atoms with Crippen molar-refractivity contribution in [1.29, 1.82) is 0 Å². The van der Waals surface area contributed by atoms with E-state index in [1.54, 1.807) is 4.90 Å². The van der Waals surface area contributed by atoms with Gasteiger partial charge in [0, 0.05) is 17.0 Å². The van der Waals surface area contributed by atoms with Crippen LogP contribution in [0.2, 0.25) is 0 Å². The number of ether oxygens (including phenoxy) is 1. The predicted molar refractivity (Wildman–Crippen MR) is 140 cm³/mol. The number of rotatable bonds is 1. The number of carbonyl (C=O) groups excluding carboxylic acids is 2. The Morgan fingerprint density at radius 3 is 2.69 bits per heavy atom. The maximum atomic E-state index is 13.4. The Labute approximate surface area is 213 Å². The van der Waals surface area contributed by atoms with Crippen LogP contribution in [0.25, 0.3) is 0 Å². The molecule has 2 aromatic carbocycles. The predicted octanol–water partition coefficient (Wildman–Crippen LogP) is 4.57. The van der Waals surface area contributed by atoms with Crippen LogP contribution < -0.4 is 15.8 Å². The molecule has 4 heterocycles. The van der Waals surface area contributed by atoms with E-state index in [0.717, 1.165) is 61.8 Å². The molecule has 36 heavy (non-hydrogen) atoms. The van der Waals surface area contributed by atoms with Crippen LogP contribution in [-0.4, -0.2) is 35.3 Å². The van der Waals surface area contributed by atoms with Crippen molar-refractivity contribution in [2.45, 2.75) is 70.5 Å². The van der Waals surface area contributed by atoms with Gasteiger partial charge in [0.15, 0.2) is 5.96 Å². The second-order valence-electron chi connectivity index (χ2n) is 10.2. The summed E-state index contributed by atoms with van der Waals surface area (Å²) in [5, 5.41) is 3.31. The van der Waals surface area contributed by atoms with Crippen LogP contribution >= 0.6 is 0 Å². The summed E-state index contributed by atoms with van der Waals surface area (Å²) in [6.45, 7) is 2.96. The van der Waals surface area contributed by atoms with E-state index < -0.39 is 0 Å².